The molecule has 2 aromatic rings. The van der Waals surface area contributed by atoms with E-state index in [1.54, 1.807) is 0 Å². The van der Waals surface area contributed by atoms with Gasteiger partial charge in [-0.1, -0.05) is 13.0 Å². The van der Waals surface area contributed by atoms with Crippen molar-refractivity contribution in [1.29, 1.82) is 0 Å². The van der Waals surface area contributed by atoms with Gasteiger partial charge in [-0.15, -0.1) is 0 Å². The van der Waals surface area contributed by atoms with Crippen LogP contribution < -0.4 is 5.32 Å². The second kappa shape index (κ2) is 8.62. The Morgan fingerprint density at radius 3 is 2.64 bits per heavy atom. The molecule has 3 heterocycles. The second-order valence-electron chi connectivity index (χ2n) is 8.65. The highest BCUT2D eigenvalue weighted by molar-refractivity contribution is 5.81. The quantitative estimate of drug-likeness (QED) is 0.862. The topological polar surface area (TPSA) is 52.9 Å². The summed E-state index contributed by atoms with van der Waals surface area (Å²) in [6.07, 6.45) is 8.89. The molecule has 28 heavy (non-hydrogen) atoms. The van der Waals surface area contributed by atoms with Crippen molar-refractivity contribution in [3.05, 3.63) is 36.3 Å². The first-order chi connectivity index (χ1) is 13.6. The molecule has 2 aromatic heterocycles. The molecule has 0 aromatic carbocycles. The van der Waals surface area contributed by atoms with Crippen LogP contribution in [-0.2, 0) is 11.3 Å². The van der Waals surface area contributed by atoms with E-state index in [2.05, 4.69) is 39.6 Å². The minimum absolute atomic E-state index is 0.0447. The first-order valence-corrected chi connectivity index (χ1v) is 10.8. The Kier molecular flexibility index (Phi) is 5.97. The number of carbonyl (C=O) groups excluding carboxylic acids is 1. The molecule has 1 atom stereocenters. The predicted octanol–water partition coefficient (Wildman–Crippen LogP) is 2.54. The van der Waals surface area contributed by atoms with Crippen LogP contribution in [-0.4, -0.2) is 63.4 Å². The van der Waals surface area contributed by atoms with Gasteiger partial charge in [0.05, 0.1) is 11.7 Å². The van der Waals surface area contributed by atoms with Crippen LogP contribution in [0, 0.1) is 5.92 Å². The number of rotatable bonds is 5. The number of piperazine rings is 1. The van der Waals surface area contributed by atoms with Gasteiger partial charge in [-0.25, -0.2) is 4.98 Å². The van der Waals surface area contributed by atoms with Gasteiger partial charge in [-0.05, 0) is 50.7 Å². The molecule has 2 fully saturated rings. The number of carbonyl (C=O) groups is 1. The highest BCUT2D eigenvalue weighted by Crippen LogP contribution is 2.23. The first-order valence-electron chi connectivity index (χ1n) is 10.8. The standard InChI is InChI=1S/C22H33N5O/c1-17-6-8-19(9-7-17)24-22(28)18(2)26-13-11-25(12-14-26)15-20-16-27-10-4-3-5-21(27)23-20/h3-5,10,16-19H,6-9,11-15H2,1-2H3,(H,24,28). The van der Waals surface area contributed by atoms with Crippen molar-refractivity contribution in [1.82, 2.24) is 24.5 Å². The third-order valence-electron chi connectivity index (χ3n) is 6.50. The smallest absolute Gasteiger partial charge is 0.237 e. The van der Waals surface area contributed by atoms with Gasteiger partial charge < -0.3 is 9.72 Å². The fraction of sp³-hybridized carbons (Fsp3) is 0.636. The summed E-state index contributed by atoms with van der Waals surface area (Å²) < 4.78 is 2.07. The predicted molar refractivity (Wildman–Crippen MR) is 111 cm³/mol. The fourth-order valence-corrected chi connectivity index (χ4v) is 4.49. The van der Waals surface area contributed by atoms with Crippen molar-refractivity contribution in [3.8, 4) is 0 Å². The number of aromatic nitrogens is 2. The molecule has 1 amide bonds. The molecule has 6 heteroatoms. The van der Waals surface area contributed by atoms with E-state index in [0.717, 1.165) is 62.8 Å². The van der Waals surface area contributed by atoms with E-state index < -0.39 is 0 Å². The summed E-state index contributed by atoms with van der Waals surface area (Å²) in [5.74, 6) is 1.01. The summed E-state index contributed by atoms with van der Waals surface area (Å²) >= 11 is 0. The molecule has 6 nitrogen and oxygen atoms in total. The Morgan fingerprint density at radius 2 is 1.93 bits per heavy atom. The molecule has 1 aliphatic heterocycles. The molecule has 0 radical (unpaired) electrons. The van der Waals surface area contributed by atoms with Gasteiger partial charge in [0.25, 0.3) is 0 Å². The molecule has 2 aliphatic rings. The summed E-state index contributed by atoms with van der Waals surface area (Å²) in [4.78, 5) is 22.1. The molecule has 0 spiro atoms. The lowest BCUT2D eigenvalue weighted by Gasteiger charge is -2.38. The van der Waals surface area contributed by atoms with Crippen LogP contribution in [0.25, 0.3) is 5.65 Å². The highest BCUT2D eigenvalue weighted by atomic mass is 16.2. The van der Waals surface area contributed by atoms with Crippen LogP contribution in [0.3, 0.4) is 0 Å². The third-order valence-corrected chi connectivity index (χ3v) is 6.50. The highest BCUT2D eigenvalue weighted by Gasteiger charge is 2.28. The van der Waals surface area contributed by atoms with Gasteiger partial charge in [0.1, 0.15) is 5.65 Å². The molecule has 0 bridgehead atoms. The molecule has 1 aliphatic carbocycles. The number of imidazole rings is 1. The van der Waals surface area contributed by atoms with Gasteiger partial charge in [-0.2, -0.15) is 0 Å². The molecular formula is C22H33N5O. The zero-order valence-electron chi connectivity index (χ0n) is 17.2. The minimum Gasteiger partial charge on any atom is -0.352 e. The molecular weight excluding hydrogens is 350 g/mol. The molecule has 1 N–H and O–H groups in total. The van der Waals surface area contributed by atoms with Gasteiger partial charge in [0.2, 0.25) is 5.91 Å². The van der Waals surface area contributed by atoms with Crippen LogP contribution in [0.5, 0.6) is 0 Å². The van der Waals surface area contributed by atoms with Crippen molar-refractivity contribution < 1.29 is 4.79 Å². The zero-order valence-corrected chi connectivity index (χ0v) is 17.2. The van der Waals surface area contributed by atoms with Gasteiger partial charge in [-0.3, -0.25) is 14.6 Å². The maximum Gasteiger partial charge on any atom is 0.237 e. The lowest BCUT2D eigenvalue weighted by atomic mass is 9.87. The minimum atomic E-state index is -0.0447. The number of hydrogen-bond acceptors (Lipinski definition) is 4. The Hall–Kier alpha value is -1.92. The molecule has 1 saturated heterocycles. The lowest BCUT2D eigenvalue weighted by molar-refractivity contribution is -0.127. The number of nitrogens with one attached hydrogen (secondary N) is 1. The third kappa shape index (κ3) is 4.55. The van der Waals surface area contributed by atoms with Crippen molar-refractivity contribution in [2.75, 3.05) is 26.2 Å². The molecule has 1 unspecified atom stereocenters. The molecule has 1 saturated carbocycles. The summed E-state index contributed by atoms with van der Waals surface area (Å²) in [6, 6.07) is 6.41. The van der Waals surface area contributed by atoms with Crippen LogP contribution >= 0.6 is 0 Å². The van der Waals surface area contributed by atoms with Crippen LogP contribution in [0.15, 0.2) is 30.6 Å². The Bertz CT molecular complexity index is 754. The largest absolute Gasteiger partial charge is 0.352 e. The SMILES string of the molecule is CC1CCC(NC(=O)C(C)N2CCN(Cc3cn4ccccc4n3)CC2)CC1. The van der Waals surface area contributed by atoms with Crippen molar-refractivity contribution in [3.63, 3.8) is 0 Å². The number of amides is 1. The number of hydrogen-bond donors (Lipinski definition) is 1. The summed E-state index contributed by atoms with van der Waals surface area (Å²) in [7, 11) is 0. The van der Waals surface area contributed by atoms with Crippen LogP contribution in [0.1, 0.15) is 45.2 Å². The van der Waals surface area contributed by atoms with E-state index in [0.29, 0.717) is 6.04 Å². The summed E-state index contributed by atoms with van der Waals surface area (Å²) in [5.41, 5.74) is 2.11. The molecule has 152 valence electrons. The van der Waals surface area contributed by atoms with Gasteiger partial charge in [0, 0.05) is 51.2 Å². The van der Waals surface area contributed by atoms with Crippen molar-refractivity contribution in [2.45, 2.75) is 58.2 Å². The first kappa shape index (κ1) is 19.4. The Balaban J connectivity index is 1.24. The monoisotopic (exact) mass is 383 g/mol. The van der Waals surface area contributed by atoms with Gasteiger partial charge >= 0.3 is 0 Å². The van der Waals surface area contributed by atoms with Crippen LogP contribution in [0.4, 0.5) is 0 Å². The van der Waals surface area contributed by atoms with E-state index in [4.69, 9.17) is 4.98 Å². The van der Waals surface area contributed by atoms with E-state index in [9.17, 15) is 4.79 Å². The van der Waals surface area contributed by atoms with Crippen molar-refractivity contribution >= 4 is 11.6 Å². The zero-order chi connectivity index (χ0) is 19.5. The lowest BCUT2D eigenvalue weighted by Crippen LogP contribution is -2.55. The summed E-state index contributed by atoms with van der Waals surface area (Å²) in [5, 5.41) is 3.30. The van der Waals surface area contributed by atoms with Crippen LogP contribution in [0.2, 0.25) is 0 Å². The van der Waals surface area contributed by atoms with E-state index in [1.807, 2.05) is 24.4 Å². The van der Waals surface area contributed by atoms with E-state index >= 15 is 0 Å². The summed E-state index contributed by atoms with van der Waals surface area (Å²) in [6.45, 7) is 9.06. The maximum atomic E-state index is 12.7. The van der Waals surface area contributed by atoms with E-state index in [1.165, 1.54) is 12.8 Å². The average molecular weight is 384 g/mol. The fourth-order valence-electron chi connectivity index (χ4n) is 4.49. The number of nitrogens with zero attached hydrogens (tertiary/aromatic N) is 4. The Labute approximate surface area is 167 Å². The number of fused-ring (bicyclic) bond motifs is 1. The van der Waals surface area contributed by atoms with Gasteiger partial charge in [0.15, 0.2) is 0 Å². The normalized spacial score (nSPS) is 25.6. The second-order valence-corrected chi connectivity index (χ2v) is 8.65. The van der Waals surface area contributed by atoms with E-state index in [-0.39, 0.29) is 11.9 Å². The molecule has 4 rings (SSSR count). The maximum absolute atomic E-state index is 12.7. The van der Waals surface area contributed by atoms with Crippen molar-refractivity contribution in [2.24, 2.45) is 5.92 Å². The number of pyridine rings is 1. The Morgan fingerprint density at radius 1 is 1.18 bits per heavy atom. The average Bonchev–Trinajstić information content (AvgIpc) is 3.12.